The Balaban J connectivity index is 1.44. The lowest BCUT2D eigenvalue weighted by atomic mass is 9.81. The monoisotopic (exact) mass is 384 g/mol. The summed E-state index contributed by atoms with van der Waals surface area (Å²) >= 11 is 0. The van der Waals surface area contributed by atoms with Crippen molar-refractivity contribution in [2.75, 3.05) is 26.3 Å². The standard InChI is InChI=1S/C20H20N2O6/c23-18(22-9-13-2-1-5-20(13,10-22)19(24)25)16-17(28-11-21-16)12-3-4-14-15(8-12)27-7-6-26-14/h3-4,8,11,13H,1-2,5-7,9-10H2,(H,24,25)/t13-,20+/m0/s1. The molecule has 5 rings (SSSR count). The van der Waals surface area contributed by atoms with Crippen LogP contribution in [0.3, 0.4) is 0 Å². The Morgan fingerprint density at radius 3 is 2.82 bits per heavy atom. The molecule has 2 fully saturated rings. The van der Waals surface area contributed by atoms with Crippen LogP contribution in [0.5, 0.6) is 11.5 Å². The molecule has 28 heavy (non-hydrogen) atoms. The predicted molar refractivity (Wildman–Crippen MR) is 96.2 cm³/mol. The second-order valence-corrected chi connectivity index (χ2v) is 7.62. The zero-order valence-electron chi connectivity index (χ0n) is 15.2. The number of hydrogen-bond acceptors (Lipinski definition) is 6. The summed E-state index contributed by atoms with van der Waals surface area (Å²) in [7, 11) is 0. The summed E-state index contributed by atoms with van der Waals surface area (Å²) in [6, 6.07) is 5.34. The Hall–Kier alpha value is -3.03. The van der Waals surface area contributed by atoms with E-state index in [0.29, 0.717) is 49.0 Å². The van der Waals surface area contributed by atoms with E-state index in [2.05, 4.69) is 4.98 Å². The number of fused-ring (bicyclic) bond motifs is 2. The Morgan fingerprint density at radius 2 is 2.04 bits per heavy atom. The second kappa shape index (κ2) is 6.25. The van der Waals surface area contributed by atoms with Gasteiger partial charge in [0.05, 0.1) is 5.41 Å². The number of aliphatic carboxylic acids is 1. The summed E-state index contributed by atoms with van der Waals surface area (Å²) in [5, 5.41) is 9.75. The molecule has 1 saturated heterocycles. The van der Waals surface area contributed by atoms with Crippen LogP contribution in [-0.2, 0) is 4.79 Å². The van der Waals surface area contributed by atoms with Gasteiger partial charge in [0.25, 0.3) is 5.91 Å². The van der Waals surface area contributed by atoms with E-state index in [1.165, 1.54) is 6.39 Å². The Morgan fingerprint density at radius 1 is 1.21 bits per heavy atom. The van der Waals surface area contributed by atoms with Gasteiger partial charge in [0.2, 0.25) is 0 Å². The van der Waals surface area contributed by atoms with Crippen molar-refractivity contribution in [2.45, 2.75) is 19.3 Å². The Labute approximate surface area is 161 Å². The van der Waals surface area contributed by atoms with E-state index in [0.717, 1.165) is 12.8 Å². The van der Waals surface area contributed by atoms with Gasteiger partial charge in [0.1, 0.15) is 13.2 Å². The molecule has 1 saturated carbocycles. The molecule has 146 valence electrons. The molecule has 1 aliphatic carbocycles. The number of ether oxygens (including phenoxy) is 2. The average molecular weight is 384 g/mol. The quantitative estimate of drug-likeness (QED) is 0.867. The lowest BCUT2D eigenvalue weighted by molar-refractivity contribution is -0.149. The maximum absolute atomic E-state index is 13.1. The van der Waals surface area contributed by atoms with Crippen LogP contribution in [0.15, 0.2) is 29.0 Å². The van der Waals surface area contributed by atoms with Gasteiger partial charge in [0.15, 0.2) is 29.3 Å². The molecule has 2 atom stereocenters. The maximum Gasteiger partial charge on any atom is 0.311 e. The van der Waals surface area contributed by atoms with Crippen molar-refractivity contribution in [2.24, 2.45) is 11.3 Å². The van der Waals surface area contributed by atoms with E-state index in [1.807, 2.05) is 0 Å². The third-order valence-electron chi connectivity index (χ3n) is 6.16. The highest BCUT2D eigenvalue weighted by Crippen LogP contribution is 2.49. The number of hydrogen-bond donors (Lipinski definition) is 1. The van der Waals surface area contributed by atoms with Gasteiger partial charge >= 0.3 is 5.97 Å². The number of likely N-dealkylation sites (tertiary alicyclic amines) is 1. The molecule has 8 heteroatoms. The molecule has 1 amide bonds. The average Bonchev–Trinajstić information content (AvgIpc) is 3.41. The van der Waals surface area contributed by atoms with Crippen LogP contribution in [0.4, 0.5) is 0 Å². The number of nitrogens with zero attached hydrogens (tertiary/aromatic N) is 2. The lowest BCUT2D eigenvalue weighted by Crippen LogP contribution is -2.37. The normalized spacial score (nSPS) is 25.6. The maximum atomic E-state index is 13.1. The van der Waals surface area contributed by atoms with E-state index in [9.17, 15) is 14.7 Å². The van der Waals surface area contributed by atoms with E-state index < -0.39 is 11.4 Å². The van der Waals surface area contributed by atoms with Gasteiger partial charge in [-0.1, -0.05) is 6.42 Å². The van der Waals surface area contributed by atoms with Crippen LogP contribution >= 0.6 is 0 Å². The molecule has 1 aromatic carbocycles. The summed E-state index contributed by atoms with van der Waals surface area (Å²) in [5.74, 6) is 0.491. The van der Waals surface area contributed by atoms with Crippen molar-refractivity contribution in [3.05, 3.63) is 30.3 Å². The van der Waals surface area contributed by atoms with Gasteiger partial charge in [0, 0.05) is 18.7 Å². The SMILES string of the molecule is O=C(c1ncoc1-c1ccc2c(c1)OCCO2)N1C[C@@H]2CCC[C@@]2(C(=O)O)C1. The van der Waals surface area contributed by atoms with Gasteiger partial charge in [-0.3, -0.25) is 9.59 Å². The number of carbonyl (C=O) groups is 2. The first-order valence-electron chi connectivity index (χ1n) is 9.45. The predicted octanol–water partition coefficient (Wildman–Crippen LogP) is 2.44. The molecule has 3 aliphatic rings. The van der Waals surface area contributed by atoms with Gasteiger partial charge in [-0.2, -0.15) is 0 Å². The van der Waals surface area contributed by atoms with E-state index in [1.54, 1.807) is 23.1 Å². The molecule has 0 unspecified atom stereocenters. The number of carboxylic acids is 1. The van der Waals surface area contributed by atoms with Gasteiger partial charge in [-0.15, -0.1) is 0 Å². The van der Waals surface area contributed by atoms with Gasteiger partial charge in [-0.25, -0.2) is 4.98 Å². The van der Waals surface area contributed by atoms with Crippen LogP contribution in [0.25, 0.3) is 11.3 Å². The molecular formula is C20H20N2O6. The number of carboxylic acid groups (broad SMARTS) is 1. The highest BCUT2D eigenvalue weighted by Gasteiger charge is 2.56. The molecule has 3 heterocycles. The molecule has 0 radical (unpaired) electrons. The fourth-order valence-electron chi connectivity index (χ4n) is 4.73. The first-order chi connectivity index (χ1) is 13.6. The Kier molecular flexibility index (Phi) is 3.82. The summed E-state index contributed by atoms with van der Waals surface area (Å²) in [6.07, 6.45) is 3.59. The highest BCUT2D eigenvalue weighted by molar-refractivity contribution is 5.98. The molecule has 0 spiro atoms. The highest BCUT2D eigenvalue weighted by atomic mass is 16.6. The zero-order valence-corrected chi connectivity index (χ0v) is 15.2. The molecule has 2 aliphatic heterocycles. The fourth-order valence-corrected chi connectivity index (χ4v) is 4.73. The number of amides is 1. The summed E-state index contributed by atoms with van der Waals surface area (Å²) < 4.78 is 16.7. The number of rotatable bonds is 3. The summed E-state index contributed by atoms with van der Waals surface area (Å²) in [4.78, 5) is 30.8. The largest absolute Gasteiger partial charge is 0.486 e. The third-order valence-corrected chi connectivity index (χ3v) is 6.16. The number of aromatic nitrogens is 1. The minimum absolute atomic E-state index is 0.00130. The topological polar surface area (TPSA) is 102 Å². The molecular weight excluding hydrogens is 364 g/mol. The van der Waals surface area contributed by atoms with Crippen molar-refractivity contribution >= 4 is 11.9 Å². The van der Waals surface area contributed by atoms with Crippen molar-refractivity contribution < 1.29 is 28.6 Å². The number of oxazole rings is 1. The van der Waals surface area contributed by atoms with Crippen molar-refractivity contribution in [3.63, 3.8) is 0 Å². The van der Waals surface area contributed by atoms with E-state index >= 15 is 0 Å². The van der Waals surface area contributed by atoms with E-state index in [4.69, 9.17) is 13.9 Å². The molecule has 1 aromatic heterocycles. The van der Waals surface area contributed by atoms with Crippen LogP contribution in [-0.4, -0.2) is 53.2 Å². The van der Waals surface area contributed by atoms with Crippen LogP contribution in [0.1, 0.15) is 29.8 Å². The number of carbonyl (C=O) groups excluding carboxylic acids is 1. The molecule has 0 bridgehead atoms. The van der Waals surface area contributed by atoms with Gasteiger partial charge in [-0.05, 0) is 37.0 Å². The minimum Gasteiger partial charge on any atom is -0.486 e. The molecule has 2 aromatic rings. The van der Waals surface area contributed by atoms with Crippen LogP contribution < -0.4 is 9.47 Å². The lowest BCUT2D eigenvalue weighted by Gasteiger charge is -2.23. The number of benzene rings is 1. The van der Waals surface area contributed by atoms with Gasteiger partial charge < -0.3 is 23.9 Å². The van der Waals surface area contributed by atoms with Crippen LogP contribution in [0, 0.1) is 11.3 Å². The van der Waals surface area contributed by atoms with Crippen LogP contribution in [0.2, 0.25) is 0 Å². The minimum atomic E-state index is -0.823. The smallest absolute Gasteiger partial charge is 0.311 e. The zero-order chi connectivity index (χ0) is 19.3. The molecule has 8 nitrogen and oxygen atoms in total. The van der Waals surface area contributed by atoms with E-state index in [-0.39, 0.29) is 24.1 Å². The first kappa shape index (κ1) is 17.1. The summed E-state index contributed by atoms with van der Waals surface area (Å²) in [6.45, 7) is 1.63. The fraction of sp³-hybridized carbons (Fsp3) is 0.450. The third kappa shape index (κ3) is 2.47. The van der Waals surface area contributed by atoms with Crippen molar-refractivity contribution in [1.82, 2.24) is 9.88 Å². The second-order valence-electron chi connectivity index (χ2n) is 7.62. The first-order valence-corrected chi connectivity index (χ1v) is 9.45. The Bertz CT molecular complexity index is 954. The summed E-state index contributed by atoms with van der Waals surface area (Å²) in [5.41, 5.74) is 0.0333. The molecule has 1 N–H and O–H groups in total. The van der Waals surface area contributed by atoms with Crippen molar-refractivity contribution in [3.8, 4) is 22.8 Å². The van der Waals surface area contributed by atoms with Crippen molar-refractivity contribution in [1.29, 1.82) is 0 Å².